The van der Waals surface area contributed by atoms with Crippen molar-refractivity contribution in [3.63, 3.8) is 0 Å². The molecule has 0 N–H and O–H groups in total. The monoisotopic (exact) mass is 210 g/mol. The maximum absolute atomic E-state index is 3.44. The van der Waals surface area contributed by atoms with Gasteiger partial charge >= 0.3 is 0 Å². The van der Waals surface area contributed by atoms with Gasteiger partial charge in [0.25, 0.3) is 0 Å². The summed E-state index contributed by atoms with van der Waals surface area (Å²) in [5.41, 5.74) is 2.64. The predicted molar refractivity (Wildman–Crippen MR) is 53.8 cm³/mol. The Hall–Kier alpha value is -0.560. The maximum atomic E-state index is 3.44. The van der Waals surface area contributed by atoms with Gasteiger partial charge in [0.15, 0.2) is 0 Å². The highest BCUT2D eigenvalue weighted by Gasteiger charge is 1.93. The molecule has 0 nitrogen and oxygen atoms in total. The van der Waals surface area contributed by atoms with Crippen LogP contribution >= 0.6 is 15.9 Å². The largest absolute Gasteiger partial charge is 0.0876 e. The molecule has 0 aliphatic heterocycles. The van der Waals surface area contributed by atoms with Crippen molar-refractivity contribution in [3.8, 4) is 0 Å². The molecule has 0 spiro atoms. The number of rotatable bonds is 2. The molecule has 0 bridgehead atoms. The van der Waals surface area contributed by atoms with Gasteiger partial charge in [0.2, 0.25) is 0 Å². The SMILES string of the molecule is C/C=C/c1ccccc1CBr. The van der Waals surface area contributed by atoms with Crippen LogP contribution in [0.4, 0.5) is 0 Å². The molecule has 0 heterocycles. The molecule has 1 rings (SSSR count). The minimum Gasteiger partial charge on any atom is -0.0876 e. The molecule has 58 valence electrons. The summed E-state index contributed by atoms with van der Waals surface area (Å²) in [6, 6.07) is 8.37. The Morgan fingerprint density at radius 3 is 2.73 bits per heavy atom. The summed E-state index contributed by atoms with van der Waals surface area (Å²) in [7, 11) is 0. The number of benzene rings is 1. The van der Waals surface area contributed by atoms with E-state index in [4.69, 9.17) is 0 Å². The fourth-order valence-corrected chi connectivity index (χ4v) is 1.51. The summed E-state index contributed by atoms with van der Waals surface area (Å²) in [5.74, 6) is 0. The van der Waals surface area contributed by atoms with Gasteiger partial charge in [-0.15, -0.1) is 0 Å². The van der Waals surface area contributed by atoms with Crippen molar-refractivity contribution in [1.29, 1.82) is 0 Å². The van der Waals surface area contributed by atoms with Gasteiger partial charge in [0.05, 0.1) is 0 Å². The summed E-state index contributed by atoms with van der Waals surface area (Å²) in [4.78, 5) is 0. The van der Waals surface area contributed by atoms with E-state index in [2.05, 4.69) is 52.3 Å². The van der Waals surface area contributed by atoms with Crippen molar-refractivity contribution < 1.29 is 0 Å². The van der Waals surface area contributed by atoms with Gasteiger partial charge < -0.3 is 0 Å². The van der Waals surface area contributed by atoms with Gasteiger partial charge in [0.1, 0.15) is 0 Å². The number of hydrogen-bond donors (Lipinski definition) is 0. The van der Waals surface area contributed by atoms with Crippen molar-refractivity contribution >= 4 is 22.0 Å². The first-order chi connectivity index (χ1) is 5.38. The summed E-state index contributed by atoms with van der Waals surface area (Å²) in [6.45, 7) is 2.03. The molecule has 1 aromatic carbocycles. The third-order valence-electron chi connectivity index (χ3n) is 1.55. The van der Waals surface area contributed by atoms with Gasteiger partial charge in [0, 0.05) is 5.33 Å². The molecule has 1 aromatic rings. The van der Waals surface area contributed by atoms with E-state index in [1.165, 1.54) is 11.1 Å². The van der Waals surface area contributed by atoms with Crippen LogP contribution in [0.2, 0.25) is 0 Å². The number of halogens is 1. The lowest BCUT2D eigenvalue weighted by molar-refractivity contribution is 1.41. The Morgan fingerprint density at radius 1 is 1.36 bits per heavy atom. The Morgan fingerprint density at radius 2 is 2.09 bits per heavy atom. The fraction of sp³-hybridized carbons (Fsp3) is 0.200. The van der Waals surface area contributed by atoms with Gasteiger partial charge in [-0.05, 0) is 18.1 Å². The first-order valence-electron chi connectivity index (χ1n) is 3.65. The van der Waals surface area contributed by atoms with E-state index >= 15 is 0 Å². The van der Waals surface area contributed by atoms with Crippen molar-refractivity contribution in [1.82, 2.24) is 0 Å². The normalized spacial score (nSPS) is 10.7. The minimum absolute atomic E-state index is 0.924. The van der Waals surface area contributed by atoms with E-state index in [1.807, 2.05) is 6.92 Å². The topological polar surface area (TPSA) is 0 Å². The van der Waals surface area contributed by atoms with Crippen LogP contribution in [0.1, 0.15) is 18.1 Å². The summed E-state index contributed by atoms with van der Waals surface area (Å²) >= 11 is 3.44. The molecule has 0 radical (unpaired) electrons. The second-order valence-corrected chi connectivity index (χ2v) is 2.89. The fourth-order valence-electron chi connectivity index (χ4n) is 0.998. The Kier molecular flexibility index (Phi) is 3.37. The first kappa shape index (κ1) is 8.54. The lowest BCUT2D eigenvalue weighted by atomic mass is 10.1. The minimum atomic E-state index is 0.924. The molecule has 0 fully saturated rings. The predicted octanol–water partition coefficient (Wildman–Crippen LogP) is 3.61. The van der Waals surface area contributed by atoms with Crippen molar-refractivity contribution in [2.24, 2.45) is 0 Å². The van der Waals surface area contributed by atoms with Crippen LogP contribution in [0.15, 0.2) is 30.3 Å². The molecule has 0 aliphatic rings. The molecule has 11 heavy (non-hydrogen) atoms. The summed E-state index contributed by atoms with van der Waals surface area (Å²) in [6.07, 6.45) is 4.18. The number of alkyl halides is 1. The highest BCUT2D eigenvalue weighted by atomic mass is 79.9. The van der Waals surface area contributed by atoms with E-state index < -0.39 is 0 Å². The zero-order valence-electron chi connectivity index (χ0n) is 6.55. The van der Waals surface area contributed by atoms with Gasteiger partial charge in [-0.3, -0.25) is 0 Å². The zero-order valence-corrected chi connectivity index (χ0v) is 8.14. The van der Waals surface area contributed by atoms with Crippen molar-refractivity contribution in [2.45, 2.75) is 12.3 Å². The maximum Gasteiger partial charge on any atom is 0.0288 e. The third kappa shape index (κ3) is 2.19. The lowest BCUT2D eigenvalue weighted by Crippen LogP contribution is -1.81. The van der Waals surface area contributed by atoms with Crippen LogP contribution in [0.25, 0.3) is 6.08 Å². The second kappa shape index (κ2) is 4.35. The Labute approximate surface area is 76.1 Å². The number of hydrogen-bond acceptors (Lipinski definition) is 0. The van der Waals surface area contributed by atoms with Crippen LogP contribution in [0.3, 0.4) is 0 Å². The molecule has 1 heteroatoms. The molecular weight excluding hydrogens is 200 g/mol. The van der Waals surface area contributed by atoms with Crippen molar-refractivity contribution in [2.75, 3.05) is 0 Å². The van der Waals surface area contributed by atoms with Crippen LogP contribution in [-0.2, 0) is 5.33 Å². The van der Waals surface area contributed by atoms with E-state index in [0.717, 1.165) is 5.33 Å². The Bertz CT molecular complexity index is 251. The second-order valence-electron chi connectivity index (χ2n) is 2.33. The lowest BCUT2D eigenvalue weighted by Gasteiger charge is -1.99. The van der Waals surface area contributed by atoms with Crippen LogP contribution in [0, 0.1) is 0 Å². The molecule has 0 atom stereocenters. The quantitative estimate of drug-likeness (QED) is 0.655. The molecule has 0 aromatic heterocycles. The van der Waals surface area contributed by atoms with Crippen LogP contribution in [-0.4, -0.2) is 0 Å². The highest BCUT2D eigenvalue weighted by Crippen LogP contribution is 2.13. The average molecular weight is 211 g/mol. The van der Waals surface area contributed by atoms with E-state index in [9.17, 15) is 0 Å². The van der Waals surface area contributed by atoms with E-state index in [-0.39, 0.29) is 0 Å². The van der Waals surface area contributed by atoms with E-state index in [0.29, 0.717) is 0 Å². The van der Waals surface area contributed by atoms with Crippen LogP contribution < -0.4 is 0 Å². The Balaban J connectivity index is 3.02. The summed E-state index contributed by atoms with van der Waals surface area (Å²) < 4.78 is 0. The number of allylic oxidation sites excluding steroid dienone is 1. The van der Waals surface area contributed by atoms with Crippen molar-refractivity contribution in [3.05, 3.63) is 41.5 Å². The summed E-state index contributed by atoms with van der Waals surface area (Å²) in [5, 5.41) is 0.924. The molecule has 0 saturated heterocycles. The average Bonchev–Trinajstić information content (AvgIpc) is 2.06. The zero-order chi connectivity index (χ0) is 8.10. The molecule has 0 amide bonds. The molecular formula is C10H11Br. The van der Waals surface area contributed by atoms with Gasteiger partial charge in [-0.25, -0.2) is 0 Å². The standard InChI is InChI=1S/C10H11Br/c1-2-5-9-6-3-4-7-10(9)8-11/h2-7H,8H2,1H3/b5-2+. The van der Waals surface area contributed by atoms with E-state index in [1.54, 1.807) is 0 Å². The van der Waals surface area contributed by atoms with Crippen LogP contribution in [0.5, 0.6) is 0 Å². The first-order valence-corrected chi connectivity index (χ1v) is 4.77. The highest BCUT2D eigenvalue weighted by molar-refractivity contribution is 9.08. The molecule has 0 saturated carbocycles. The third-order valence-corrected chi connectivity index (χ3v) is 2.15. The molecule has 0 unspecified atom stereocenters. The smallest absolute Gasteiger partial charge is 0.0288 e. The molecule has 0 aliphatic carbocycles. The van der Waals surface area contributed by atoms with Gasteiger partial charge in [-0.2, -0.15) is 0 Å². The van der Waals surface area contributed by atoms with Gasteiger partial charge in [-0.1, -0.05) is 52.3 Å².